The molecule has 0 amide bonds. The third-order valence-electron chi connectivity index (χ3n) is 2.01. The number of hydrogen-bond acceptors (Lipinski definition) is 3. The number of thiol groups is 1. The summed E-state index contributed by atoms with van der Waals surface area (Å²) in [6.07, 6.45) is 0.488. The smallest absolute Gasteiger partial charge is 0.0670 e. The lowest BCUT2D eigenvalue weighted by atomic mass is 10.1. The van der Waals surface area contributed by atoms with Crippen molar-refractivity contribution in [1.29, 1.82) is 5.26 Å². The Labute approximate surface area is 105 Å². The summed E-state index contributed by atoms with van der Waals surface area (Å²) in [6, 6.07) is 6.21. The van der Waals surface area contributed by atoms with Crippen LogP contribution in [0.5, 0.6) is 0 Å². The first-order valence-electron chi connectivity index (χ1n) is 3.98. The molecule has 0 aliphatic heterocycles. The van der Waals surface area contributed by atoms with Gasteiger partial charge in [0.05, 0.1) is 12.5 Å². The van der Waals surface area contributed by atoms with Gasteiger partial charge in [0.2, 0.25) is 0 Å². The fraction of sp³-hybridized carbons (Fsp3) is 0.100. The molecule has 70 valence electrons. The van der Waals surface area contributed by atoms with Crippen molar-refractivity contribution < 1.29 is 0 Å². The van der Waals surface area contributed by atoms with Crippen molar-refractivity contribution in [3.05, 3.63) is 26.6 Å². The van der Waals surface area contributed by atoms with Gasteiger partial charge in [0.25, 0.3) is 0 Å². The Hall–Kier alpha value is -0.250. The number of fused-ring (bicyclic) bond motifs is 1. The first-order valence-corrected chi connectivity index (χ1v) is 6.39. The molecule has 0 spiro atoms. The van der Waals surface area contributed by atoms with Crippen molar-refractivity contribution in [2.45, 2.75) is 11.3 Å². The van der Waals surface area contributed by atoms with Crippen molar-refractivity contribution in [3.8, 4) is 6.07 Å². The molecule has 0 saturated carbocycles. The molecule has 0 unspecified atom stereocenters. The van der Waals surface area contributed by atoms with Gasteiger partial charge in [-0.05, 0) is 45.0 Å². The van der Waals surface area contributed by atoms with Crippen LogP contribution in [0.3, 0.4) is 0 Å². The SMILES string of the molecule is N#CCc1csc2c(I)c(S)ccc12. The molecule has 2 aromatic rings. The van der Waals surface area contributed by atoms with E-state index in [0.717, 1.165) is 10.5 Å². The summed E-state index contributed by atoms with van der Waals surface area (Å²) in [5, 5.41) is 11.9. The van der Waals surface area contributed by atoms with Gasteiger partial charge >= 0.3 is 0 Å². The summed E-state index contributed by atoms with van der Waals surface area (Å²) in [6.45, 7) is 0. The van der Waals surface area contributed by atoms with Gasteiger partial charge in [0.1, 0.15) is 0 Å². The average Bonchev–Trinajstić information content (AvgIpc) is 2.57. The number of rotatable bonds is 1. The summed E-state index contributed by atoms with van der Waals surface area (Å²) >= 11 is 8.35. The molecule has 2 rings (SSSR count). The number of hydrogen-bond donors (Lipinski definition) is 1. The van der Waals surface area contributed by atoms with Crippen LogP contribution in [0.25, 0.3) is 10.1 Å². The van der Waals surface area contributed by atoms with Crippen LogP contribution in [0.15, 0.2) is 22.4 Å². The molecule has 0 fully saturated rings. The minimum absolute atomic E-state index is 0.488. The van der Waals surface area contributed by atoms with Crippen LogP contribution in [-0.2, 0) is 6.42 Å². The van der Waals surface area contributed by atoms with Gasteiger partial charge in [-0.3, -0.25) is 0 Å². The zero-order valence-corrected chi connectivity index (χ0v) is 11.0. The van der Waals surface area contributed by atoms with Crippen LogP contribution in [0.4, 0.5) is 0 Å². The van der Waals surface area contributed by atoms with Crippen LogP contribution in [-0.4, -0.2) is 0 Å². The topological polar surface area (TPSA) is 23.8 Å². The Bertz CT molecular complexity index is 525. The molecule has 0 bridgehead atoms. The highest BCUT2D eigenvalue weighted by Gasteiger charge is 2.08. The highest BCUT2D eigenvalue weighted by molar-refractivity contribution is 14.1. The van der Waals surface area contributed by atoms with Crippen LogP contribution >= 0.6 is 46.6 Å². The molecule has 0 saturated heterocycles. The van der Waals surface area contributed by atoms with E-state index in [4.69, 9.17) is 5.26 Å². The van der Waals surface area contributed by atoms with Gasteiger partial charge in [-0.15, -0.1) is 24.0 Å². The first-order chi connectivity index (χ1) is 6.74. The first kappa shape index (κ1) is 10.3. The van der Waals surface area contributed by atoms with E-state index in [1.807, 2.05) is 12.1 Å². The van der Waals surface area contributed by atoms with E-state index < -0.39 is 0 Å². The highest BCUT2D eigenvalue weighted by Crippen LogP contribution is 2.33. The van der Waals surface area contributed by atoms with Gasteiger partial charge in [0.15, 0.2) is 0 Å². The zero-order valence-electron chi connectivity index (χ0n) is 7.12. The summed E-state index contributed by atoms with van der Waals surface area (Å²) in [7, 11) is 0. The Morgan fingerprint density at radius 2 is 2.29 bits per heavy atom. The summed E-state index contributed by atoms with van der Waals surface area (Å²) < 4.78 is 2.42. The largest absolute Gasteiger partial charge is 0.198 e. The second kappa shape index (κ2) is 4.09. The predicted molar refractivity (Wildman–Crippen MR) is 71.1 cm³/mol. The van der Waals surface area contributed by atoms with E-state index in [-0.39, 0.29) is 0 Å². The molecule has 0 atom stereocenters. The van der Waals surface area contributed by atoms with Crippen LogP contribution in [0, 0.1) is 14.9 Å². The fourth-order valence-corrected chi connectivity index (χ4v) is 3.45. The third-order valence-corrected chi connectivity index (χ3v) is 5.36. The Kier molecular flexibility index (Phi) is 3.00. The van der Waals surface area contributed by atoms with E-state index in [2.05, 4.69) is 46.7 Å². The van der Waals surface area contributed by atoms with E-state index in [0.29, 0.717) is 6.42 Å². The second-order valence-corrected chi connectivity index (χ2v) is 5.31. The Balaban J connectivity index is 2.72. The number of nitriles is 1. The normalized spacial score (nSPS) is 10.4. The number of nitrogens with zero attached hydrogens (tertiary/aromatic N) is 1. The maximum absolute atomic E-state index is 8.66. The molecule has 0 aliphatic rings. The van der Waals surface area contributed by atoms with Crippen molar-refractivity contribution in [2.75, 3.05) is 0 Å². The fourth-order valence-electron chi connectivity index (χ4n) is 1.33. The lowest BCUT2D eigenvalue weighted by Gasteiger charge is -1.98. The number of halogens is 1. The monoisotopic (exact) mass is 331 g/mol. The van der Waals surface area contributed by atoms with Crippen molar-refractivity contribution in [3.63, 3.8) is 0 Å². The van der Waals surface area contributed by atoms with E-state index >= 15 is 0 Å². The van der Waals surface area contributed by atoms with Crippen LogP contribution in [0.2, 0.25) is 0 Å². The van der Waals surface area contributed by atoms with Gasteiger partial charge in [-0.2, -0.15) is 5.26 Å². The van der Waals surface area contributed by atoms with Gasteiger partial charge in [-0.1, -0.05) is 6.07 Å². The van der Waals surface area contributed by atoms with Gasteiger partial charge < -0.3 is 0 Å². The van der Waals surface area contributed by atoms with E-state index in [1.54, 1.807) is 11.3 Å². The molecule has 0 radical (unpaired) electrons. The molecule has 0 N–H and O–H groups in total. The number of benzene rings is 1. The maximum Gasteiger partial charge on any atom is 0.0670 e. The third kappa shape index (κ3) is 1.64. The molecule has 1 aromatic carbocycles. The molecule has 1 aromatic heterocycles. The molecular formula is C10H6INS2. The summed E-state index contributed by atoms with van der Waals surface area (Å²) in [4.78, 5) is 1.00. The minimum atomic E-state index is 0.488. The summed E-state index contributed by atoms with van der Waals surface area (Å²) in [5.74, 6) is 0. The van der Waals surface area contributed by atoms with Gasteiger partial charge in [0, 0.05) is 13.2 Å². The van der Waals surface area contributed by atoms with Gasteiger partial charge in [-0.25, -0.2) is 0 Å². The molecule has 4 heteroatoms. The van der Waals surface area contributed by atoms with Crippen molar-refractivity contribution >= 4 is 56.6 Å². The molecule has 1 nitrogen and oxygen atoms in total. The summed E-state index contributed by atoms with van der Waals surface area (Å²) in [5.41, 5.74) is 1.12. The Morgan fingerprint density at radius 3 is 3.00 bits per heavy atom. The van der Waals surface area contributed by atoms with Crippen LogP contribution in [0.1, 0.15) is 5.56 Å². The van der Waals surface area contributed by atoms with E-state index in [9.17, 15) is 0 Å². The van der Waals surface area contributed by atoms with E-state index in [1.165, 1.54) is 13.7 Å². The van der Waals surface area contributed by atoms with Crippen LogP contribution < -0.4 is 0 Å². The lowest BCUT2D eigenvalue weighted by Crippen LogP contribution is -1.80. The zero-order chi connectivity index (χ0) is 10.1. The minimum Gasteiger partial charge on any atom is -0.198 e. The van der Waals surface area contributed by atoms with Crippen molar-refractivity contribution in [2.24, 2.45) is 0 Å². The highest BCUT2D eigenvalue weighted by atomic mass is 127. The van der Waals surface area contributed by atoms with Crippen molar-refractivity contribution in [1.82, 2.24) is 0 Å². The standard InChI is InChI=1S/C10H6INS2/c11-9-8(13)2-1-7-6(3-4-12)5-14-10(7)9/h1-2,5,13H,3H2. The average molecular weight is 331 g/mol. The quantitative estimate of drug-likeness (QED) is 0.623. The molecule has 14 heavy (non-hydrogen) atoms. The maximum atomic E-state index is 8.66. The number of thiophene rings is 1. The molecule has 0 aliphatic carbocycles. The Morgan fingerprint density at radius 1 is 1.50 bits per heavy atom. The second-order valence-electron chi connectivity index (χ2n) is 2.87. The molecule has 1 heterocycles. The predicted octanol–water partition coefficient (Wildman–Crippen LogP) is 3.86. The lowest BCUT2D eigenvalue weighted by molar-refractivity contribution is 1.30. The molecular weight excluding hydrogens is 325 g/mol.